The van der Waals surface area contributed by atoms with Crippen LogP contribution in [0.5, 0.6) is 0 Å². The highest BCUT2D eigenvalue weighted by molar-refractivity contribution is 7.87. The molecule has 0 heterocycles. The highest BCUT2D eigenvalue weighted by Crippen LogP contribution is 2.20. The van der Waals surface area contributed by atoms with Gasteiger partial charge in [-0.2, -0.15) is 17.4 Å². The Labute approximate surface area is 90.4 Å². The second kappa shape index (κ2) is 5.76. The molecule has 15 heavy (non-hydrogen) atoms. The quantitative estimate of drug-likeness (QED) is 0.564. The first-order chi connectivity index (χ1) is 7.10. The number of ether oxygens (including phenoxy) is 1. The van der Waals surface area contributed by atoms with Crippen molar-refractivity contribution >= 4 is 10.2 Å². The highest BCUT2D eigenvalue weighted by atomic mass is 32.2. The normalized spacial score (nSPS) is 17.3. The van der Waals surface area contributed by atoms with Gasteiger partial charge in [-0.25, -0.2) is 0 Å². The fraction of sp³-hybridized carbons (Fsp3) is 1.00. The topological polar surface area (TPSA) is 78.9 Å². The van der Waals surface area contributed by atoms with E-state index in [-0.39, 0.29) is 25.7 Å². The van der Waals surface area contributed by atoms with Crippen molar-refractivity contribution < 1.29 is 18.3 Å². The van der Waals surface area contributed by atoms with Gasteiger partial charge >= 0.3 is 0 Å². The van der Waals surface area contributed by atoms with Gasteiger partial charge in [-0.15, -0.1) is 0 Å². The molecule has 1 aliphatic rings. The Morgan fingerprint density at radius 1 is 1.47 bits per heavy atom. The zero-order valence-corrected chi connectivity index (χ0v) is 9.66. The largest absolute Gasteiger partial charge is 0.395 e. The number of hydrogen-bond donors (Lipinski definition) is 2. The number of aliphatic hydroxyl groups is 1. The van der Waals surface area contributed by atoms with E-state index in [1.807, 2.05) is 0 Å². The van der Waals surface area contributed by atoms with Gasteiger partial charge in [-0.3, -0.25) is 0 Å². The van der Waals surface area contributed by atoms with Gasteiger partial charge in [-0.1, -0.05) is 0 Å². The van der Waals surface area contributed by atoms with Gasteiger partial charge in [0.1, 0.15) is 0 Å². The Bertz CT molecular complexity index is 276. The standard InChI is InChI=1S/C8H18N2O4S/c1-14-7-5-10(4-6-11)15(12,13)9-8-2-3-8/h8-9,11H,2-7H2,1H3. The van der Waals surface area contributed by atoms with Crippen LogP contribution in [0, 0.1) is 0 Å². The molecular formula is C8H18N2O4S. The van der Waals surface area contributed by atoms with Gasteiger partial charge < -0.3 is 9.84 Å². The van der Waals surface area contributed by atoms with E-state index in [0.29, 0.717) is 6.61 Å². The Morgan fingerprint density at radius 2 is 2.13 bits per heavy atom. The van der Waals surface area contributed by atoms with E-state index >= 15 is 0 Å². The van der Waals surface area contributed by atoms with E-state index in [2.05, 4.69) is 4.72 Å². The van der Waals surface area contributed by atoms with Crippen molar-refractivity contribution in [2.75, 3.05) is 33.4 Å². The maximum absolute atomic E-state index is 11.7. The molecule has 0 radical (unpaired) electrons. The van der Waals surface area contributed by atoms with Crippen LogP contribution >= 0.6 is 0 Å². The van der Waals surface area contributed by atoms with E-state index in [1.165, 1.54) is 11.4 Å². The number of aliphatic hydroxyl groups excluding tert-OH is 1. The van der Waals surface area contributed by atoms with Crippen LogP contribution in [0.2, 0.25) is 0 Å². The van der Waals surface area contributed by atoms with Gasteiger partial charge in [0.15, 0.2) is 0 Å². The number of nitrogens with one attached hydrogen (secondary N) is 1. The Balaban J connectivity index is 2.50. The molecule has 0 atom stereocenters. The van der Waals surface area contributed by atoms with Gasteiger partial charge in [0.05, 0.1) is 13.2 Å². The molecule has 7 heteroatoms. The van der Waals surface area contributed by atoms with Crippen molar-refractivity contribution in [3.05, 3.63) is 0 Å². The lowest BCUT2D eigenvalue weighted by molar-refractivity contribution is 0.168. The second-order valence-corrected chi connectivity index (χ2v) is 5.21. The number of nitrogens with zero attached hydrogens (tertiary/aromatic N) is 1. The molecular weight excluding hydrogens is 220 g/mol. The lowest BCUT2D eigenvalue weighted by Gasteiger charge is -2.20. The molecule has 0 amide bonds. The van der Waals surface area contributed by atoms with Crippen molar-refractivity contribution in [3.8, 4) is 0 Å². The number of rotatable bonds is 8. The number of hydrogen-bond acceptors (Lipinski definition) is 4. The van der Waals surface area contributed by atoms with Crippen LogP contribution in [-0.2, 0) is 14.9 Å². The van der Waals surface area contributed by atoms with Gasteiger partial charge in [0.25, 0.3) is 10.2 Å². The lowest BCUT2D eigenvalue weighted by atomic mass is 10.6. The van der Waals surface area contributed by atoms with Crippen molar-refractivity contribution in [1.29, 1.82) is 0 Å². The van der Waals surface area contributed by atoms with Gasteiger partial charge in [-0.05, 0) is 12.8 Å². The molecule has 0 saturated heterocycles. The minimum Gasteiger partial charge on any atom is -0.395 e. The molecule has 2 N–H and O–H groups in total. The fourth-order valence-electron chi connectivity index (χ4n) is 1.14. The van der Waals surface area contributed by atoms with Crippen LogP contribution in [0.15, 0.2) is 0 Å². The summed E-state index contributed by atoms with van der Waals surface area (Å²) in [5, 5.41) is 8.77. The molecule has 0 aliphatic heterocycles. The zero-order chi connectivity index (χ0) is 11.3. The average molecular weight is 238 g/mol. The maximum Gasteiger partial charge on any atom is 0.279 e. The van der Waals surface area contributed by atoms with Crippen LogP contribution in [0.4, 0.5) is 0 Å². The van der Waals surface area contributed by atoms with E-state index in [0.717, 1.165) is 12.8 Å². The minimum atomic E-state index is -3.45. The first kappa shape index (κ1) is 12.9. The third-order valence-electron chi connectivity index (χ3n) is 2.13. The predicted octanol–water partition coefficient (Wildman–Crippen LogP) is -1.08. The van der Waals surface area contributed by atoms with Crippen molar-refractivity contribution in [3.63, 3.8) is 0 Å². The van der Waals surface area contributed by atoms with Crippen LogP contribution < -0.4 is 4.72 Å². The summed E-state index contributed by atoms with van der Waals surface area (Å²) in [5.74, 6) is 0. The summed E-state index contributed by atoms with van der Waals surface area (Å²) in [6.45, 7) is 0.505. The summed E-state index contributed by atoms with van der Waals surface area (Å²) >= 11 is 0. The Hall–Kier alpha value is -0.210. The summed E-state index contributed by atoms with van der Waals surface area (Å²) in [7, 11) is -1.94. The SMILES string of the molecule is COCCN(CCO)S(=O)(=O)NC1CC1. The molecule has 1 rings (SSSR count). The molecule has 1 fully saturated rings. The van der Waals surface area contributed by atoms with Crippen LogP contribution in [-0.4, -0.2) is 57.3 Å². The monoisotopic (exact) mass is 238 g/mol. The average Bonchev–Trinajstić information content (AvgIpc) is 2.95. The minimum absolute atomic E-state index is 0.0822. The molecule has 0 unspecified atom stereocenters. The summed E-state index contributed by atoms with van der Waals surface area (Å²) in [5.41, 5.74) is 0. The van der Waals surface area contributed by atoms with E-state index in [1.54, 1.807) is 0 Å². The van der Waals surface area contributed by atoms with Crippen molar-refractivity contribution in [2.45, 2.75) is 18.9 Å². The molecule has 0 aromatic heterocycles. The second-order valence-electron chi connectivity index (χ2n) is 3.51. The Morgan fingerprint density at radius 3 is 2.60 bits per heavy atom. The van der Waals surface area contributed by atoms with Crippen molar-refractivity contribution in [1.82, 2.24) is 9.03 Å². The molecule has 6 nitrogen and oxygen atoms in total. The fourth-order valence-corrected chi connectivity index (χ4v) is 2.59. The highest BCUT2D eigenvalue weighted by Gasteiger charge is 2.30. The summed E-state index contributed by atoms with van der Waals surface area (Å²) < 4.78 is 32.0. The van der Waals surface area contributed by atoms with Gasteiger partial charge in [0.2, 0.25) is 0 Å². The summed E-state index contributed by atoms with van der Waals surface area (Å²) in [6.07, 6.45) is 1.80. The maximum atomic E-state index is 11.7. The third-order valence-corrected chi connectivity index (χ3v) is 3.80. The van der Waals surface area contributed by atoms with Crippen molar-refractivity contribution in [2.24, 2.45) is 0 Å². The third kappa shape index (κ3) is 4.43. The van der Waals surface area contributed by atoms with Crippen LogP contribution in [0.1, 0.15) is 12.8 Å². The molecule has 1 saturated carbocycles. The van der Waals surface area contributed by atoms with Gasteiger partial charge in [0, 0.05) is 26.2 Å². The first-order valence-electron chi connectivity index (χ1n) is 4.97. The summed E-state index contributed by atoms with van der Waals surface area (Å²) in [6, 6.07) is 0.0822. The molecule has 90 valence electrons. The molecule has 1 aliphatic carbocycles. The predicted molar refractivity (Wildman–Crippen MR) is 55.6 cm³/mol. The number of methoxy groups -OCH3 is 1. The Kier molecular flexibility index (Phi) is 4.94. The molecule has 0 spiro atoms. The lowest BCUT2D eigenvalue weighted by Crippen LogP contribution is -2.44. The van der Waals surface area contributed by atoms with Crippen LogP contribution in [0.25, 0.3) is 0 Å². The van der Waals surface area contributed by atoms with Crippen LogP contribution in [0.3, 0.4) is 0 Å². The molecule has 0 bridgehead atoms. The van der Waals surface area contributed by atoms with E-state index in [9.17, 15) is 8.42 Å². The van der Waals surface area contributed by atoms with E-state index < -0.39 is 10.2 Å². The summed E-state index contributed by atoms with van der Waals surface area (Å²) in [4.78, 5) is 0. The first-order valence-corrected chi connectivity index (χ1v) is 6.41. The zero-order valence-electron chi connectivity index (χ0n) is 8.85. The van der Waals surface area contributed by atoms with E-state index in [4.69, 9.17) is 9.84 Å². The molecule has 0 aromatic rings. The molecule has 0 aromatic carbocycles. The smallest absolute Gasteiger partial charge is 0.279 e.